The number of hydrogen-bond donors (Lipinski definition) is 0. The number of hydrogen-bond acceptors (Lipinski definition) is 2. The molecule has 0 rings (SSSR count). The Balaban J connectivity index is 3.95. The van der Waals surface area contributed by atoms with Gasteiger partial charge in [0.25, 0.3) is 0 Å². The van der Waals surface area contributed by atoms with Crippen LogP contribution in [0.3, 0.4) is 0 Å². The Morgan fingerprint density at radius 3 is 2.33 bits per heavy atom. The standard InChI is InChI=1S/C5H8ClO2S/c1-5(6)3-4-9(2,7)8/h3H,2,4H2,1H3. The lowest BCUT2D eigenvalue weighted by Gasteiger charge is -1.87. The summed E-state index contributed by atoms with van der Waals surface area (Å²) in [6.07, 6.45) is 4.32. The van der Waals surface area contributed by atoms with Crippen LogP contribution in [0.1, 0.15) is 6.92 Å². The van der Waals surface area contributed by atoms with Crippen molar-refractivity contribution in [1.29, 1.82) is 0 Å². The third-order valence-electron chi connectivity index (χ3n) is 0.619. The first kappa shape index (κ1) is 8.98. The second kappa shape index (κ2) is 3.22. The first-order valence-corrected chi connectivity index (χ1v) is 4.50. The molecule has 0 atom stereocenters. The molecule has 0 aromatic rings. The Labute approximate surface area is 60.4 Å². The predicted octanol–water partition coefficient (Wildman–Crippen LogP) is 1.34. The van der Waals surface area contributed by atoms with E-state index in [1.165, 1.54) is 6.08 Å². The molecule has 9 heavy (non-hydrogen) atoms. The van der Waals surface area contributed by atoms with Crippen molar-refractivity contribution < 1.29 is 8.42 Å². The Morgan fingerprint density at radius 1 is 1.78 bits per heavy atom. The van der Waals surface area contributed by atoms with E-state index in [1.807, 2.05) is 0 Å². The molecular formula is C5H8ClO2S. The molecule has 1 radical (unpaired) electrons. The Hall–Kier alpha value is -0.0200. The fraction of sp³-hybridized carbons (Fsp3) is 0.400. The zero-order chi connectivity index (χ0) is 7.49. The van der Waals surface area contributed by atoms with Gasteiger partial charge < -0.3 is 0 Å². The van der Waals surface area contributed by atoms with Crippen molar-refractivity contribution in [3.05, 3.63) is 17.4 Å². The van der Waals surface area contributed by atoms with Crippen molar-refractivity contribution in [3.8, 4) is 0 Å². The highest BCUT2D eigenvalue weighted by atomic mass is 35.5. The van der Waals surface area contributed by atoms with Crippen LogP contribution in [0.15, 0.2) is 11.1 Å². The van der Waals surface area contributed by atoms with Gasteiger partial charge in [-0.15, -0.1) is 0 Å². The van der Waals surface area contributed by atoms with Gasteiger partial charge in [0.1, 0.15) is 0 Å². The fourth-order valence-corrected chi connectivity index (χ4v) is 0.914. The van der Waals surface area contributed by atoms with E-state index >= 15 is 0 Å². The van der Waals surface area contributed by atoms with Gasteiger partial charge in [-0.1, -0.05) is 17.7 Å². The van der Waals surface area contributed by atoms with Gasteiger partial charge in [-0.3, -0.25) is 0 Å². The van der Waals surface area contributed by atoms with E-state index in [-0.39, 0.29) is 5.75 Å². The first-order chi connectivity index (χ1) is 3.92. The predicted molar refractivity (Wildman–Crippen MR) is 38.8 cm³/mol. The van der Waals surface area contributed by atoms with E-state index in [1.54, 1.807) is 6.92 Å². The van der Waals surface area contributed by atoms with Crippen molar-refractivity contribution in [2.45, 2.75) is 6.92 Å². The van der Waals surface area contributed by atoms with E-state index < -0.39 is 9.84 Å². The molecule has 0 amide bonds. The van der Waals surface area contributed by atoms with Crippen molar-refractivity contribution in [2.24, 2.45) is 0 Å². The summed E-state index contributed by atoms with van der Waals surface area (Å²) in [6.45, 7) is 1.62. The lowest BCUT2D eigenvalue weighted by molar-refractivity contribution is 0.607. The van der Waals surface area contributed by atoms with Crippen LogP contribution in [-0.4, -0.2) is 14.2 Å². The molecule has 0 aromatic heterocycles. The Morgan fingerprint density at radius 2 is 2.22 bits per heavy atom. The molecule has 0 fully saturated rings. The molecule has 0 heterocycles. The smallest absolute Gasteiger partial charge is 0.154 e. The fourth-order valence-electron chi connectivity index (χ4n) is 0.242. The molecule has 53 valence electrons. The van der Waals surface area contributed by atoms with E-state index in [0.717, 1.165) is 0 Å². The highest BCUT2D eigenvalue weighted by Crippen LogP contribution is 1.98. The highest BCUT2D eigenvalue weighted by Gasteiger charge is 1.96. The molecule has 0 aliphatic carbocycles. The monoisotopic (exact) mass is 167 g/mol. The number of rotatable bonds is 2. The van der Waals surface area contributed by atoms with Crippen LogP contribution in [0.5, 0.6) is 0 Å². The molecule has 0 spiro atoms. The van der Waals surface area contributed by atoms with Gasteiger partial charge in [0.05, 0.1) is 12.0 Å². The maximum Gasteiger partial charge on any atom is 0.154 e. The second-order valence-electron chi connectivity index (χ2n) is 1.70. The SMILES string of the molecule is [CH2]S(=O)(=O)CC=C(C)Cl. The lowest BCUT2D eigenvalue weighted by Crippen LogP contribution is -1.96. The van der Waals surface area contributed by atoms with Gasteiger partial charge in [0.2, 0.25) is 0 Å². The summed E-state index contributed by atoms with van der Waals surface area (Å²) in [5, 5.41) is 0.474. The summed E-state index contributed by atoms with van der Waals surface area (Å²) >= 11 is 5.35. The second-order valence-corrected chi connectivity index (χ2v) is 4.12. The van der Waals surface area contributed by atoms with Crippen LogP contribution in [0.4, 0.5) is 0 Å². The summed E-state index contributed by atoms with van der Waals surface area (Å²) in [5.41, 5.74) is 0. The van der Waals surface area contributed by atoms with Crippen LogP contribution in [-0.2, 0) is 9.84 Å². The summed E-state index contributed by atoms with van der Waals surface area (Å²) in [6, 6.07) is 0. The molecular weight excluding hydrogens is 160 g/mol. The maximum atomic E-state index is 10.3. The van der Waals surface area contributed by atoms with Gasteiger partial charge >= 0.3 is 0 Å². The quantitative estimate of drug-likeness (QED) is 0.622. The van der Waals surface area contributed by atoms with Crippen LogP contribution >= 0.6 is 11.6 Å². The minimum absolute atomic E-state index is 0.0810. The van der Waals surface area contributed by atoms with Gasteiger partial charge in [0, 0.05) is 5.03 Å². The molecule has 2 nitrogen and oxygen atoms in total. The van der Waals surface area contributed by atoms with Gasteiger partial charge in [-0.2, -0.15) is 0 Å². The largest absolute Gasteiger partial charge is 0.228 e. The van der Waals surface area contributed by atoms with Crippen LogP contribution in [0, 0.1) is 6.26 Å². The van der Waals surface area contributed by atoms with Crippen LogP contribution in [0.25, 0.3) is 0 Å². The summed E-state index contributed by atoms with van der Waals surface area (Å²) in [4.78, 5) is 0. The molecule has 0 N–H and O–H groups in total. The van der Waals surface area contributed by atoms with Gasteiger partial charge in [0.15, 0.2) is 9.84 Å². The molecule has 0 aliphatic rings. The molecule has 0 saturated heterocycles. The molecule has 0 saturated carbocycles. The summed E-state index contributed by atoms with van der Waals surface area (Å²) in [5.74, 6) is -0.0810. The van der Waals surface area contributed by atoms with E-state index in [9.17, 15) is 8.42 Å². The average Bonchev–Trinajstić information content (AvgIpc) is 1.59. The zero-order valence-electron chi connectivity index (χ0n) is 5.09. The highest BCUT2D eigenvalue weighted by molar-refractivity contribution is 7.92. The minimum atomic E-state index is -3.13. The van der Waals surface area contributed by atoms with Crippen molar-refractivity contribution in [2.75, 3.05) is 5.75 Å². The van der Waals surface area contributed by atoms with E-state index in [2.05, 4.69) is 6.26 Å². The average molecular weight is 168 g/mol. The molecule has 0 unspecified atom stereocenters. The lowest BCUT2D eigenvalue weighted by atomic mass is 10.6. The molecule has 0 bridgehead atoms. The topological polar surface area (TPSA) is 34.1 Å². The van der Waals surface area contributed by atoms with Gasteiger partial charge in [-0.25, -0.2) is 8.42 Å². The minimum Gasteiger partial charge on any atom is -0.228 e. The van der Waals surface area contributed by atoms with Gasteiger partial charge in [-0.05, 0) is 6.92 Å². The third-order valence-corrected chi connectivity index (χ3v) is 1.45. The first-order valence-electron chi connectivity index (χ1n) is 2.30. The third kappa shape index (κ3) is 7.98. The van der Waals surface area contributed by atoms with Crippen LogP contribution < -0.4 is 0 Å². The van der Waals surface area contributed by atoms with Crippen molar-refractivity contribution >= 4 is 21.4 Å². The Kier molecular flexibility index (Phi) is 3.22. The summed E-state index contributed by atoms with van der Waals surface area (Å²) in [7, 11) is -3.13. The normalized spacial score (nSPS) is 13.9. The Bertz CT molecular complexity index is 199. The molecule has 4 heteroatoms. The van der Waals surface area contributed by atoms with Crippen LogP contribution in [0.2, 0.25) is 0 Å². The van der Waals surface area contributed by atoms with Crippen molar-refractivity contribution in [3.63, 3.8) is 0 Å². The summed E-state index contributed by atoms with van der Waals surface area (Å²) < 4.78 is 20.6. The van der Waals surface area contributed by atoms with E-state index in [0.29, 0.717) is 5.03 Å². The molecule has 0 aromatic carbocycles. The number of sulfone groups is 1. The zero-order valence-corrected chi connectivity index (χ0v) is 6.67. The van der Waals surface area contributed by atoms with Crippen molar-refractivity contribution in [1.82, 2.24) is 0 Å². The van der Waals surface area contributed by atoms with E-state index in [4.69, 9.17) is 11.6 Å². The number of halogens is 1. The number of allylic oxidation sites excluding steroid dienone is 1. The maximum absolute atomic E-state index is 10.3. The molecule has 0 aliphatic heterocycles.